The molecule has 0 atom stereocenters. The molecule has 0 fully saturated rings. The molecule has 0 unspecified atom stereocenters. The van der Waals surface area contributed by atoms with E-state index in [1.165, 1.54) is 0 Å². The lowest BCUT2D eigenvalue weighted by molar-refractivity contribution is 0.102. The van der Waals surface area contributed by atoms with Crippen molar-refractivity contribution >= 4 is 11.6 Å². The van der Waals surface area contributed by atoms with Crippen molar-refractivity contribution < 1.29 is 9.59 Å². The van der Waals surface area contributed by atoms with Crippen LogP contribution in [0, 0.1) is 27.7 Å². The minimum absolute atomic E-state index is 0.0204. The van der Waals surface area contributed by atoms with Crippen LogP contribution in [-0.2, 0) is 0 Å². The SMILES string of the molecule is Cc1ccc(C(=O)c2ccc(C(=O)c3ccc(C)cc3C)cc2)c(C)c1. The van der Waals surface area contributed by atoms with Crippen molar-refractivity contribution in [3.63, 3.8) is 0 Å². The van der Waals surface area contributed by atoms with Crippen LogP contribution in [0.4, 0.5) is 0 Å². The Bertz CT molecular complexity index is 913. The smallest absolute Gasteiger partial charge is 0.193 e. The number of aryl methyl sites for hydroxylation is 4. The van der Waals surface area contributed by atoms with E-state index in [1.54, 1.807) is 24.3 Å². The van der Waals surface area contributed by atoms with E-state index in [-0.39, 0.29) is 11.6 Å². The van der Waals surface area contributed by atoms with Gasteiger partial charge < -0.3 is 0 Å². The van der Waals surface area contributed by atoms with E-state index in [4.69, 9.17) is 0 Å². The normalized spacial score (nSPS) is 10.6. The predicted octanol–water partition coefficient (Wildman–Crippen LogP) is 5.38. The number of benzene rings is 3. The molecule has 0 heterocycles. The lowest BCUT2D eigenvalue weighted by Gasteiger charge is -2.08. The number of rotatable bonds is 4. The van der Waals surface area contributed by atoms with Crippen LogP contribution in [0.5, 0.6) is 0 Å². The predicted molar refractivity (Wildman–Crippen MR) is 105 cm³/mol. The van der Waals surface area contributed by atoms with Gasteiger partial charge >= 0.3 is 0 Å². The van der Waals surface area contributed by atoms with E-state index in [0.717, 1.165) is 22.3 Å². The van der Waals surface area contributed by atoms with Crippen LogP contribution in [0.1, 0.15) is 54.1 Å². The van der Waals surface area contributed by atoms with Crippen LogP contribution >= 0.6 is 0 Å². The summed E-state index contributed by atoms with van der Waals surface area (Å²) in [7, 11) is 0. The lowest BCUT2D eigenvalue weighted by Crippen LogP contribution is -2.07. The molecule has 0 aliphatic heterocycles. The monoisotopic (exact) mass is 342 g/mol. The summed E-state index contributed by atoms with van der Waals surface area (Å²) in [4.78, 5) is 25.5. The van der Waals surface area contributed by atoms with E-state index < -0.39 is 0 Å². The van der Waals surface area contributed by atoms with E-state index in [9.17, 15) is 9.59 Å². The van der Waals surface area contributed by atoms with Gasteiger partial charge in [0.1, 0.15) is 0 Å². The number of carbonyl (C=O) groups is 2. The topological polar surface area (TPSA) is 34.1 Å². The Morgan fingerprint density at radius 2 is 0.885 bits per heavy atom. The molecule has 3 rings (SSSR count). The van der Waals surface area contributed by atoms with E-state index >= 15 is 0 Å². The Balaban J connectivity index is 1.88. The van der Waals surface area contributed by atoms with Gasteiger partial charge in [0.05, 0.1) is 0 Å². The first-order valence-corrected chi connectivity index (χ1v) is 8.71. The summed E-state index contributed by atoms with van der Waals surface area (Å²) < 4.78 is 0. The van der Waals surface area contributed by atoms with Crippen LogP contribution < -0.4 is 0 Å². The maximum absolute atomic E-state index is 12.7. The first-order chi connectivity index (χ1) is 12.4. The molecule has 0 radical (unpaired) electrons. The third kappa shape index (κ3) is 3.50. The molecule has 2 nitrogen and oxygen atoms in total. The van der Waals surface area contributed by atoms with Gasteiger partial charge in [-0.3, -0.25) is 9.59 Å². The zero-order valence-corrected chi connectivity index (χ0v) is 15.6. The maximum Gasteiger partial charge on any atom is 0.193 e. The second-order valence-electron chi connectivity index (χ2n) is 6.87. The molecule has 0 spiro atoms. The van der Waals surface area contributed by atoms with Crippen LogP contribution in [0.15, 0.2) is 60.7 Å². The highest BCUT2D eigenvalue weighted by Gasteiger charge is 2.15. The van der Waals surface area contributed by atoms with E-state index in [0.29, 0.717) is 22.3 Å². The molecule has 2 heteroatoms. The number of ketones is 2. The Morgan fingerprint density at radius 1 is 0.538 bits per heavy atom. The molecule has 0 amide bonds. The zero-order chi connectivity index (χ0) is 18.8. The van der Waals surface area contributed by atoms with Gasteiger partial charge in [0, 0.05) is 22.3 Å². The summed E-state index contributed by atoms with van der Waals surface area (Å²) in [5, 5.41) is 0. The van der Waals surface area contributed by atoms with Crippen molar-refractivity contribution in [1.29, 1.82) is 0 Å². The highest BCUT2D eigenvalue weighted by molar-refractivity contribution is 6.12. The van der Waals surface area contributed by atoms with Crippen molar-refractivity contribution in [2.45, 2.75) is 27.7 Å². The third-order valence-corrected chi connectivity index (χ3v) is 4.66. The first-order valence-electron chi connectivity index (χ1n) is 8.71. The fourth-order valence-corrected chi connectivity index (χ4v) is 3.22. The molecule has 26 heavy (non-hydrogen) atoms. The standard InChI is InChI=1S/C24H22O2/c1-15-5-11-21(17(3)13-15)23(25)19-7-9-20(10-8-19)24(26)22-12-6-16(2)14-18(22)4/h5-14H,1-4H3. The highest BCUT2D eigenvalue weighted by atomic mass is 16.1. The molecule has 0 aromatic heterocycles. The molecular weight excluding hydrogens is 320 g/mol. The fourth-order valence-electron chi connectivity index (χ4n) is 3.22. The molecule has 0 saturated heterocycles. The van der Waals surface area contributed by atoms with Crippen molar-refractivity contribution in [3.05, 3.63) is 105 Å². The minimum atomic E-state index is -0.0204. The Labute approximate surface area is 154 Å². The average Bonchev–Trinajstić information content (AvgIpc) is 2.61. The second-order valence-corrected chi connectivity index (χ2v) is 6.87. The van der Waals surface area contributed by atoms with Crippen LogP contribution in [-0.4, -0.2) is 11.6 Å². The maximum atomic E-state index is 12.7. The average molecular weight is 342 g/mol. The first kappa shape index (κ1) is 17.8. The summed E-state index contributed by atoms with van der Waals surface area (Å²) in [6, 6.07) is 18.6. The Morgan fingerprint density at radius 3 is 1.19 bits per heavy atom. The lowest BCUT2D eigenvalue weighted by atomic mass is 9.94. The van der Waals surface area contributed by atoms with E-state index in [1.807, 2.05) is 64.1 Å². The van der Waals surface area contributed by atoms with Crippen molar-refractivity contribution in [2.75, 3.05) is 0 Å². The van der Waals surface area contributed by atoms with Gasteiger partial charge in [-0.2, -0.15) is 0 Å². The van der Waals surface area contributed by atoms with Gasteiger partial charge in [-0.15, -0.1) is 0 Å². The molecule has 0 saturated carbocycles. The van der Waals surface area contributed by atoms with Gasteiger partial charge in [-0.25, -0.2) is 0 Å². The molecule has 0 N–H and O–H groups in total. The molecular formula is C24H22O2. The number of carbonyl (C=O) groups excluding carboxylic acids is 2. The number of hydrogen-bond acceptors (Lipinski definition) is 2. The molecule has 3 aromatic carbocycles. The van der Waals surface area contributed by atoms with Gasteiger partial charge in [0.2, 0.25) is 0 Å². The van der Waals surface area contributed by atoms with E-state index in [2.05, 4.69) is 0 Å². The Kier molecular flexibility index (Phi) is 4.85. The summed E-state index contributed by atoms with van der Waals surface area (Å²) in [5.74, 6) is -0.0407. The summed E-state index contributed by atoms with van der Waals surface area (Å²) >= 11 is 0. The molecule has 0 aliphatic carbocycles. The molecule has 0 aliphatic rings. The molecule has 130 valence electrons. The van der Waals surface area contributed by atoms with Crippen LogP contribution in [0.2, 0.25) is 0 Å². The van der Waals surface area contributed by atoms with Crippen molar-refractivity contribution in [2.24, 2.45) is 0 Å². The summed E-state index contributed by atoms with van der Waals surface area (Å²) in [5.41, 5.74) is 6.77. The van der Waals surface area contributed by atoms with Gasteiger partial charge in [0.25, 0.3) is 0 Å². The summed E-state index contributed by atoms with van der Waals surface area (Å²) in [6.07, 6.45) is 0. The minimum Gasteiger partial charge on any atom is -0.289 e. The quantitative estimate of drug-likeness (QED) is 0.596. The largest absolute Gasteiger partial charge is 0.289 e. The fraction of sp³-hybridized carbons (Fsp3) is 0.167. The highest BCUT2D eigenvalue weighted by Crippen LogP contribution is 2.19. The Hall–Kier alpha value is -3.00. The molecule has 0 bridgehead atoms. The zero-order valence-electron chi connectivity index (χ0n) is 15.6. The van der Waals surface area contributed by atoms with Crippen molar-refractivity contribution in [3.8, 4) is 0 Å². The van der Waals surface area contributed by atoms with Crippen LogP contribution in [0.3, 0.4) is 0 Å². The van der Waals surface area contributed by atoms with Gasteiger partial charge in [0.15, 0.2) is 11.6 Å². The summed E-state index contributed by atoms with van der Waals surface area (Å²) in [6.45, 7) is 7.90. The van der Waals surface area contributed by atoms with Crippen molar-refractivity contribution in [1.82, 2.24) is 0 Å². The van der Waals surface area contributed by atoms with Crippen LogP contribution in [0.25, 0.3) is 0 Å². The second kappa shape index (κ2) is 7.09. The number of hydrogen-bond donors (Lipinski definition) is 0. The van der Waals surface area contributed by atoms with Gasteiger partial charge in [-0.1, -0.05) is 71.8 Å². The molecule has 3 aromatic rings. The third-order valence-electron chi connectivity index (χ3n) is 4.66. The van der Waals surface area contributed by atoms with Gasteiger partial charge in [-0.05, 0) is 38.8 Å².